The molecule has 2 heterocycles. The van der Waals surface area contributed by atoms with E-state index in [1.54, 1.807) is 0 Å². The maximum atomic E-state index is 11.5. The first kappa shape index (κ1) is 16.1. The van der Waals surface area contributed by atoms with Crippen molar-refractivity contribution >= 4 is 11.7 Å². The fraction of sp³-hybridized carbons (Fsp3) is 0.765. The Kier molecular flexibility index (Phi) is 3.21. The third kappa shape index (κ3) is 1.63. The normalized spacial score (nSPS) is 50.6. The smallest absolute Gasteiger partial charge is 0.302 e. The lowest BCUT2D eigenvalue weighted by atomic mass is 9.51. The molecule has 0 unspecified atom stereocenters. The van der Waals surface area contributed by atoms with Gasteiger partial charge in [0.1, 0.15) is 30.1 Å². The van der Waals surface area contributed by atoms with Crippen LogP contribution in [0, 0.1) is 10.8 Å². The van der Waals surface area contributed by atoms with Crippen LogP contribution in [0.1, 0.15) is 33.6 Å². The van der Waals surface area contributed by atoms with E-state index in [-0.39, 0.29) is 24.4 Å². The Bertz CT molecular complexity index is 653. The number of hydrogen-bond acceptors (Lipinski definition) is 7. The van der Waals surface area contributed by atoms with Gasteiger partial charge in [-0.05, 0) is 19.8 Å². The van der Waals surface area contributed by atoms with Crippen LogP contribution in [-0.2, 0) is 19.0 Å². The van der Waals surface area contributed by atoms with Gasteiger partial charge < -0.3 is 24.5 Å². The van der Waals surface area contributed by atoms with Crippen molar-refractivity contribution < 1.29 is 29.3 Å². The molecular formula is C17H23NO6. The van der Waals surface area contributed by atoms with Crippen molar-refractivity contribution in [2.45, 2.75) is 57.5 Å². The zero-order chi connectivity index (χ0) is 17.3. The van der Waals surface area contributed by atoms with Gasteiger partial charge in [-0.3, -0.25) is 4.79 Å². The summed E-state index contributed by atoms with van der Waals surface area (Å²) in [7, 11) is 0. The van der Waals surface area contributed by atoms with Crippen molar-refractivity contribution in [3.63, 3.8) is 0 Å². The minimum absolute atomic E-state index is 0.140. The number of aliphatic hydroxyl groups is 1. The molecule has 1 spiro atoms. The molecule has 132 valence electrons. The van der Waals surface area contributed by atoms with Crippen molar-refractivity contribution in [3.8, 4) is 0 Å². The van der Waals surface area contributed by atoms with E-state index < -0.39 is 28.6 Å². The number of esters is 1. The molecule has 1 saturated carbocycles. The Morgan fingerprint density at radius 2 is 2.25 bits per heavy atom. The van der Waals surface area contributed by atoms with Crippen molar-refractivity contribution in [1.82, 2.24) is 0 Å². The van der Waals surface area contributed by atoms with Gasteiger partial charge in [-0.2, -0.15) is 0 Å². The SMILES string of the molecule is CC(=O)OC[C@]12CCC(C)=C[C@H]1O[C@@H]1C(=NO)[C@@H](O)[C@@]2(C)[C@]12CO2. The molecule has 0 aromatic rings. The van der Waals surface area contributed by atoms with E-state index in [1.165, 1.54) is 12.5 Å². The highest BCUT2D eigenvalue weighted by atomic mass is 16.6. The van der Waals surface area contributed by atoms with E-state index in [0.29, 0.717) is 13.0 Å². The van der Waals surface area contributed by atoms with Crippen LogP contribution in [0.15, 0.2) is 16.8 Å². The van der Waals surface area contributed by atoms with Crippen molar-refractivity contribution in [1.29, 1.82) is 0 Å². The van der Waals surface area contributed by atoms with E-state index in [0.717, 1.165) is 6.42 Å². The molecule has 24 heavy (non-hydrogen) atoms. The molecule has 0 radical (unpaired) electrons. The number of ether oxygens (including phenoxy) is 3. The van der Waals surface area contributed by atoms with E-state index in [9.17, 15) is 15.1 Å². The van der Waals surface area contributed by atoms with Gasteiger partial charge in [-0.25, -0.2) is 0 Å². The molecule has 2 aliphatic carbocycles. The largest absolute Gasteiger partial charge is 0.465 e. The van der Waals surface area contributed by atoms with Crippen LogP contribution in [0.5, 0.6) is 0 Å². The Labute approximate surface area is 140 Å². The number of fused-ring (bicyclic) bond motifs is 2. The maximum absolute atomic E-state index is 11.5. The zero-order valence-electron chi connectivity index (χ0n) is 14.1. The number of carbonyl (C=O) groups excluding carboxylic acids is 1. The fourth-order valence-corrected chi connectivity index (χ4v) is 5.16. The summed E-state index contributed by atoms with van der Waals surface area (Å²) < 4.78 is 17.5. The average molecular weight is 337 g/mol. The number of oxime groups is 1. The van der Waals surface area contributed by atoms with Gasteiger partial charge in [-0.1, -0.05) is 23.7 Å². The second-order valence-electron chi connectivity index (χ2n) is 7.69. The lowest BCUT2D eigenvalue weighted by Crippen LogP contribution is -2.66. The predicted octanol–water partition coefficient (Wildman–Crippen LogP) is 1.02. The molecule has 2 aliphatic heterocycles. The van der Waals surface area contributed by atoms with Gasteiger partial charge in [-0.15, -0.1) is 0 Å². The summed E-state index contributed by atoms with van der Waals surface area (Å²) in [4.78, 5) is 11.5. The lowest BCUT2D eigenvalue weighted by molar-refractivity contribution is -0.229. The Morgan fingerprint density at radius 1 is 1.54 bits per heavy atom. The van der Waals surface area contributed by atoms with Crippen LogP contribution in [0.3, 0.4) is 0 Å². The first-order chi connectivity index (χ1) is 11.3. The first-order valence-corrected chi connectivity index (χ1v) is 8.32. The first-order valence-electron chi connectivity index (χ1n) is 8.32. The molecule has 6 atom stereocenters. The van der Waals surface area contributed by atoms with Gasteiger partial charge in [0.05, 0.1) is 12.7 Å². The fourth-order valence-electron chi connectivity index (χ4n) is 5.16. The number of carbonyl (C=O) groups is 1. The van der Waals surface area contributed by atoms with Crippen LogP contribution >= 0.6 is 0 Å². The van der Waals surface area contributed by atoms with Gasteiger partial charge in [0, 0.05) is 17.8 Å². The highest BCUT2D eigenvalue weighted by Gasteiger charge is 2.84. The van der Waals surface area contributed by atoms with Crippen LogP contribution in [0.25, 0.3) is 0 Å². The summed E-state index contributed by atoms with van der Waals surface area (Å²) in [5.74, 6) is -0.366. The van der Waals surface area contributed by atoms with Crippen molar-refractivity contribution in [3.05, 3.63) is 11.6 Å². The molecular weight excluding hydrogens is 314 g/mol. The standard InChI is InChI=1S/C17H23NO6/c1-9-4-5-16(7-22-10(2)19)11(6-9)24-14-12(18-21)13(20)15(16,3)17(14)8-23-17/h6,11,13-14,20-21H,4-5,7-8H2,1-3H3/t11-,13-,14-,15-,16-,17+/m1/s1. The topological polar surface area (TPSA) is 101 Å². The number of hydrogen-bond donors (Lipinski definition) is 2. The molecule has 0 amide bonds. The summed E-state index contributed by atoms with van der Waals surface area (Å²) in [5.41, 5.74) is -0.702. The Balaban J connectivity index is 1.88. The molecule has 4 aliphatic rings. The van der Waals surface area contributed by atoms with Crippen LogP contribution in [0.4, 0.5) is 0 Å². The van der Waals surface area contributed by atoms with Crippen molar-refractivity contribution in [2.75, 3.05) is 13.2 Å². The summed E-state index contributed by atoms with van der Waals surface area (Å²) in [6, 6.07) is 0. The second kappa shape index (κ2) is 4.80. The molecule has 4 rings (SSSR count). The lowest BCUT2D eigenvalue weighted by Gasteiger charge is -2.57. The van der Waals surface area contributed by atoms with Crippen LogP contribution in [0.2, 0.25) is 0 Å². The summed E-state index contributed by atoms with van der Waals surface area (Å²) >= 11 is 0. The molecule has 0 aromatic heterocycles. The number of aliphatic hydroxyl groups excluding tert-OH is 1. The number of rotatable bonds is 2. The molecule has 2 saturated heterocycles. The van der Waals surface area contributed by atoms with Gasteiger partial charge in [0.2, 0.25) is 0 Å². The molecule has 3 fully saturated rings. The predicted molar refractivity (Wildman–Crippen MR) is 82.7 cm³/mol. The summed E-state index contributed by atoms with van der Waals surface area (Å²) in [6.45, 7) is 5.93. The van der Waals surface area contributed by atoms with Crippen molar-refractivity contribution in [2.24, 2.45) is 16.0 Å². The van der Waals surface area contributed by atoms with E-state index in [4.69, 9.17) is 14.2 Å². The van der Waals surface area contributed by atoms with Crippen LogP contribution in [-0.4, -0.2) is 59.1 Å². The number of epoxide rings is 1. The molecule has 0 aromatic carbocycles. The van der Waals surface area contributed by atoms with Gasteiger partial charge in [0.15, 0.2) is 0 Å². The van der Waals surface area contributed by atoms with Crippen LogP contribution < -0.4 is 0 Å². The minimum atomic E-state index is -1.01. The second-order valence-corrected chi connectivity index (χ2v) is 7.69. The third-order valence-corrected chi connectivity index (χ3v) is 6.77. The summed E-state index contributed by atoms with van der Waals surface area (Å²) in [6.07, 6.45) is 1.65. The highest BCUT2D eigenvalue weighted by molar-refractivity contribution is 5.98. The maximum Gasteiger partial charge on any atom is 0.302 e. The van der Waals surface area contributed by atoms with E-state index in [1.807, 2.05) is 19.9 Å². The number of nitrogens with zero attached hydrogens (tertiary/aromatic N) is 1. The number of allylic oxidation sites excluding steroid dienone is 1. The highest BCUT2D eigenvalue weighted by Crippen LogP contribution is 2.70. The Morgan fingerprint density at radius 3 is 2.83 bits per heavy atom. The summed E-state index contributed by atoms with van der Waals surface area (Å²) in [5, 5.41) is 23.8. The van der Waals surface area contributed by atoms with E-state index >= 15 is 0 Å². The minimum Gasteiger partial charge on any atom is -0.465 e. The molecule has 2 N–H and O–H groups in total. The Hall–Kier alpha value is -1.44. The van der Waals surface area contributed by atoms with Gasteiger partial charge >= 0.3 is 5.97 Å². The third-order valence-electron chi connectivity index (χ3n) is 6.77. The molecule has 7 heteroatoms. The molecule has 7 nitrogen and oxygen atoms in total. The van der Waals surface area contributed by atoms with Gasteiger partial charge in [0.25, 0.3) is 0 Å². The average Bonchev–Trinajstić information content (AvgIpc) is 3.31. The zero-order valence-corrected chi connectivity index (χ0v) is 14.1. The molecule has 2 bridgehead atoms. The quantitative estimate of drug-likeness (QED) is 0.257. The van der Waals surface area contributed by atoms with E-state index in [2.05, 4.69) is 5.16 Å². The monoisotopic (exact) mass is 337 g/mol.